The molecule has 0 aromatic carbocycles. The first-order chi connectivity index (χ1) is 9.83. The van der Waals surface area contributed by atoms with Crippen molar-refractivity contribution in [3.8, 4) is 0 Å². The third-order valence-corrected chi connectivity index (χ3v) is 3.79. The lowest BCUT2D eigenvalue weighted by atomic mass is 10.1. The van der Waals surface area contributed by atoms with Gasteiger partial charge in [-0.15, -0.1) is 0 Å². The van der Waals surface area contributed by atoms with Crippen molar-refractivity contribution in [2.24, 2.45) is 0 Å². The van der Waals surface area contributed by atoms with Crippen molar-refractivity contribution in [3.05, 3.63) is 0 Å². The van der Waals surface area contributed by atoms with Crippen molar-refractivity contribution in [3.63, 3.8) is 0 Å². The Kier molecular flexibility index (Phi) is 10.6. The van der Waals surface area contributed by atoms with Crippen LogP contribution in [0.2, 0.25) is 0 Å². The Bertz CT molecular complexity index is 239. The average Bonchev–Trinajstić information content (AvgIpc) is 2.70. The van der Waals surface area contributed by atoms with Gasteiger partial charge in [-0.3, -0.25) is 4.79 Å². The van der Waals surface area contributed by atoms with Crippen molar-refractivity contribution in [1.29, 1.82) is 0 Å². The zero-order chi connectivity index (χ0) is 14.5. The predicted octanol–water partition coefficient (Wildman–Crippen LogP) is 2.62. The van der Waals surface area contributed by atoms with Gasteiger partial charge in [0.2, 0.25) is 5.91 Å². The second kappa shape index (κ2) is 12.2. The number of ether oxygens (including phenoxy) is 1. The predicted molar refractivity (Wildman–Crippen MR) is 82.8 cm³/mol. The molecule has 0 radical (unpaired) electrons. The molecule has 2 N–H and O–H groups in total. The van der Waals surface area contributed by atoms with Crippen molar-refractivity contribution >= 4 is 5.91 Å². The van der Waals surface area contributed by atoms with Gasteiger partial charge in [-0.05, 0) is 32.2 Å². The van der Waals surface area contributed by atoms with Gasteiger partial charge in [-0.25, -0.2) is 0 Å². The smallest absolute Gasteiger partial charge is 0.234 e. The molecule has 1 aliphatic carbocycles. The summed E-state index contributed by atoms with van der Waals surface area (Å²) in [6.07, 6.45) is 10.7. The molecule has 118 valence electrons. The Morgan fingerprint density at radius 3 is 2.50 bits per heavy atom. The first-order valence-corrected chi connectivity index (χ1v) is 8.40. The maximum absolute atomic E-state index is 11.8. The highest BCUT2D eigenvalue weighted by Gasteiger charge is 2.13. The molecule has 4 nitrogen and oxygen atoms in total. The van der Waals surface area contributed by atoms with Crippen LogP contribution in [-0.2, 0) is 9.53 Å². The van der Waals surface area contributed by atoms with E-state index < -0.39 is 0 Å². The van der Waals surface area contributed by atoms with Crippen LogP contribution in [-0.4, -0.2) is 38.3 Å². The maximum atomic E-state index is 11.8. The first kappa shape index (κ1) is 17.4. The van der Waals surface area contributed by atoms with Gasteiger partial charge >= 0.3 is 0 Å². The fourth-order valence-electron chi connectivity index (χ4n) is 2.55. The first-order valence-electron chi connectivity index (χ1n) is 8.40. The standard InChI is InChI=1S/C16H32N2O2/c1-2-3-12-20-13-8-11-17-14-16(19)18-15-9-6-4-5-7-10-15/h15,17H,2-14H2,1H3,(H,18,19). The van der Waals surface area contributed by atoms with Crippen LogP contribution in [0.25, 0.3) is 0 Å². The minimum absolute atomic E-state index is 0.142. The summed E-state index contributed by atoms with van der Waals surface area (Å²) in [7, 11) is 0. The third kappa shape index (κ3) is 9.32. The number of carbonyl (C=O) groups is 1. The number of hydrogen-bond donors (Lipinski definition) is 2. The summed E-state index contributed by atoms with van der Waals surface area (Å²) in [5.74, 6) is 0.142. The Morgan fingerprint density at radius 2 is 1.80 bits per heavy atom. The molecule has 1 saturated carbocycles. The second-order valence-corrected chi connectivity index (χ2v) is 5.75. The second-order valence-electron chi connectivity index (χ2n) is 5.75. The number of amides is 1. The maximum Gasteiger partial charge on any atom is 0.234 e. The highest BCUT2D eigenvalue weighted by Crippen LogP contribution is 2.16. The van der Waals surface area contributed by atoms with E-state index in [4.69, 9.17) is 4.74 Å². The van der Waals surface area contributed by atoms with Gasteiger partial charge in [0.25, 0.3) is 0 Å². The van der Waals surface area contributed by atoms with Crippen molar-refractivity contribution < 1.29 is 9.53 Å². The molecule has 1 rings (SSSR count). The molecular formula is C16H32N2O2. The van der Waals surface area contributed by atoms with Crippen molar-refractivity contribution in [2.45, 2.75) is 70.8 Å². The van der Waals surface area contributed by atoms with E-state index in [9.17, 15) is 4.79 Å². The topological polar surface area (TPSA) is 50.4 Å². The van der Waals surface area contributed by atoms with Crippen LogP contribution in [0.5, 0.6) is 0 Å². The van der Waals surface area contributed by atoms with Crippen LogP contribution in [0.1, 0.15) is 64.7 Å². The van der Waals surface area contributed by atoms with Crippen LogP contribution in [0, 0.1) is 0 Å². The summed E-state index contributed by atoms with van der Waals surface area (Å²) < 4.78 is 5.48. The quantitative estimate of drug-likeness (QED) is 0.479. The van der Waals surface area contributed by atoms with E-state index in [-0.39, 0.29) is 5.91 Å². The van der Waals surface area contributed by atoms with Gasteiger partial charge in [-0.1, -0.05) is 39.0 Å². The van der Waals surface area contributed by atoms with Crippen LogP contribution in [0.3, 0.4) is 0 Å². The van der Waals surface area contributed by atoms with E-state index in [1.54, 1.807) is 0 Å². The minimum Gasteiger partial charge on any atom is -0.381 e. The number of nitrogens with one attached hydrogen (secondary N) is 2. The monoisotopic (exact) mass is 284 g/mol. The molecule has 0 atom stereocenters. The Hall–Kier alpha value is -0.610. The normalized spacial score (nSPS) is 16.9. The molecule has 0 heterocycles. The molecule has 0 unspecified atom stereocenters. The lowest BCUT2D eigenvalue weighted by molar-refractivity contribution is -0.121. The van der Waals surface area contributed by atoms with Crippen LogP contribution >= 0.6 is 0 Å². The summed E-state index contributed by atoms with van der Waals surface area (Å²) >= 11 is 0. The third-order valence-electron chi connectivity index (χ3n) is 3.79. The molecule has 20 heavy (non-hydrogen) atoms. The van der Waals surface area contributed by atoms with Crippen molar-refractivity contribution in [1.82, 2.24) is 10.6 Å². The van der Waals surface area contributed by atoms with E-state index in [1.165, 1.54) is 32.1 Å². The number of hydrogen-bond acceptors (Lipinski definition) is 3. The summed E-state index contributed by atoms with van der Waals surface area (Å²) in [5.41, 5.74) is 0. The van der Waals surface area contributed by atoms with Crippen molar-refractivity contribution in [2.75, 3.05) is 26.3 Å². The highest BCUT2D eigenvalue weighted by molar-refractivity contribution is 5.78. The summed E-state index contributed by atoms with van der Waals surface area (Å²) in [4.78, 5) is 11.8. The van der Waals surface area contributed by atoms with Gasteiger partial charge in [0.15, 0.2) is 0 Å². The van der Waals surface area contributed by atoms with E-state index in [1.807, 2.05) is 0 Å². The summed E-state index contributed by atoms with van der Waals surface area (Å²) in [5, 5.41) is 6.33. The van der Waals surface area contributed by atoms with Gasteiger partial charge in [-0.2, -0.15) is 0 Å². The molecule has 0 aliphatic heterocycles. The fourth-order valence-corrected chi connectivity index (χ4v) is 2.55. The number of unbranched alkanes of at least 4 members (excludes halogenated alkanes) is 1. The Balaban J connectivity index is 1.91. The lowest BCUT2D eigenvalue weighted by Crippen LogP contribution is -2.40. The van der Waals surface area contributed by atoms with Crippen LogP contribution < -0.4 is 10.6 Å². The molecule has 0 saturated heterocycles. The SMILES string of the molecule is CCCCOCCCNCC(=O)NC1CCCCCC1. The molecule has 1 amide bonds. The molecule has 4 heteroatoms. The molecule has 0 spiro atoms. The van der Waals surface area contributed by atoms with E-state index in [0.29, 0.717) is 12.6 Å². The van der Waals surface area contributed by atoms with Gasteiger partial charge in [0.1, 0.15) is 0 Å². The molecule has 1 fully saturated rings. The summed E-state index contributed by atoms with van der Waals surface area (Å²) in [6.45, 7) is 5.10. The van der Waals surface area contributed by atoms with Gasteiger partial charge in [0, 0.05) is 19.3 Å². The highest BCUT2D eigenvalue weighted by atomic mass is 16.5. The minimum atomic E-state index is 0.142. The van der Waals surface area contributed by atoms with E-state index >= 15 is 0 Å². The largest absolute Gasteiger partial charge is 0.381 e. The zero-order valence-corrected chi connectivity index (χ0v) is 13.1. The Labute approximate surface area is 124 Å². The fraction of sp³-hybridized carbons (Fsp3) is 0.938. The zero-order valence-electron chi connectivity index (χ0n) is 13.1. The molecule has 0 aromatic rings. The molecule has 0 aromatic heterocycles. The van der Waals surface area contributed by atoms with Crippen LogP contribution in [0.4, 0.5) is 0 Å². The van der Waals surface area contributed by atoms with Gasteiger partial charge in [0.05, 0.1) is 6.54 Å². The summed E-state index contributed by atoms with van der Waals surface area (Å²) in [6, 6.07) is 0.407. The van der Waals surface area contributed by atoms with E-state index in [2.05, 4.69) is 17.6 Å². The lowest BCUT2D eigenvalue weighted by Gasteiger charge is -2.16. The Morgan fingerprint density at radius 1 is 1.10 bits per heavy atom. The number of rotatable bonds is 10. The molecule has 1 aliphatic rings. The van der Waals surface area contributed by atoms with E-state index in [0.717, 1.165) is 45.4 Å². The van der Waals surface area contributed by atoms with Crippen LogP contribution in [0.15, 0.2) is 0 Å². The van der Waals surface area contributed by atoms with Gasteiger partial charge < -0.3 is 15.4 Å². The molecule has 0 bridgehead atoms. The average molecular weight is 284 g/mol. The molecular weight excluding hydrogens is 252 g/mol. The number of carbonyl (C=O) groups excluding carboxylic acids is 1.